The van der Waals surface area contributed by atoms with Gasteiger partial charge in [-0.1, -0.05) is 49.8 Å². The molecule has 0 fully saturated rings. The van der Waals surface area contributed by atoms with Crippen LogP contribution in [0.1, 0.15) is 61.4 Å². The van der Waals surface area contributed by atoms with E-state index in [0.717, 1.165) is 31.4 Å². The predicted octanol–water partition coefficient (Wildman–Crippen LogP) is 7.30. The fourth-order valence-electron chi connectivity index (χ4n) is 3.97. The van der Waals surface area contributed by atoms with Crippen molar-refractivity contribution >= 4 is 17.7 Å². The molecule has 0 radical (unpaired) electrons. The highest BCUT2D eigenvalue weighted by molar-refractivity contribution is 7.99. The lowest BCUT2D eigenvalue weighted by Crippen LogP contribution is -2.28. The van der Waals surface area contributed by atoms with E-state index in [1.807, 2.05) is 0 Å². The van der Waals surface area contributed by atoms with Gasteiger partial charge in [-0.2, -0.15) is 0 Å². The van der Waals surface area contributed by atoms with Gasteiger partial charge in [0.1, 0.15) is 5.75 Å². The SMILES string of the molecule is C=C(C)CCc1ccc(OCC2C(c3ccc(CC)cc3)=NSC2CC)c(C)c1C. The van der Waals surface area contributed by atoms with Gasteiger partial charge < -0.3 is 4.74 Å². The number of benzene rings is 2. The quantitative estimate of drug-likeness (QED) is 0.313. The van der Waals surface area contributed by atoms with Crippen LogP contribution in [0.2, 0.25) is 0 Å². The van der Waals surface area contributed by atoms with Gasteiger partial charge in [0.2, 0.25) is 0 Å². The number of hydrogen-bond donors (Lipinski definition) is 0. The minimum Gasteiger partial charge on any atom is -0.493 e. The molecule has 2 atom stereocenters. The van der Waals surface area contributed by atoms with Crippen LogP contribution in [0.15, 0.2) is 52.9 Å². The number of rotatable bonds is 9. The zero-order valence-corrected chi connectivity index (χ0v) is 19.9. The van der Waals surface area contributed by atoms with Crippen LogP contribution in [0.25, 0.3) is 0 Å². The van der Waals surface area contributed by atoms with Gasteiger partial charge in [0, 0.05) is 5.25 Å². The molecule has 2 unspecified atom stereocenters. The zero-order valence-electron chi connectivity index (χ0n) is 19.1. The molecule has 160 valence electrons. The van der Waals surface area contributed by atoms with E-state index in [2.05, 4.69) is 77.6 Å². The number of allylic oxidation sites excluding steroid dienone is 1. The van der Waals surface area contributed by atoms with E-state index in [9.17, 15) is 0 Å². The number of ether oxygens (including phenoxy) is 1. The zero-order chi connectivity index (χ0) is 21.7. The highest BCUT2D eigenvalue weighted by Crippen LogP contribution is 2.36. The summed E-state index contributed by atoms with van der Waals surface area (Å²) in [5.74, 6) is 1.31. The summed E-state index contributed by atoms with van der Waals surface area (Å²) >= 11 is 1.72. The number of nitrogens with zero attached hydrogens (tertiary/aromatic N) is 1. The first-order valence-corrected chi connectivity index (χ1v) is 12.0. The second-order valence-corrected chi connectivity index (χ2v) is 9.43. The summed E-state index contributed by atoms with van der Waals surface area (Å²) in [4.78, 5) is 0. The third-order valence-electron chi connectivity index (χ3n) is 6.24. The molecule has 0 saturated heterocycles. The topological polar surface area (TPSA) is 21.6 Å². The molecule has 30 heavy (non-hydrogen) atoms. The Bertz CT molecular complexity index is 913. The Balaban J connectivity index is 1.74. The maximum absolute atomic E-state index is 6.40. The van der Waals surface area contributed by atoms with Crippen LogP contribution >= 0.6 is 11.9 Å². The molecule has 1 aliphatic rings. The molecule has 0 amide bonds. The van der Waals surface area contributed by atoms with Gasteiger partial charge in [0.15, 0.2) is 0 Å². The Morgan fingerprint density at radius 2 is 1.80 bits per heavy atom. The molecule has 1 aliphatic heterocycles. The standard InChI is InChI=1S/C27H35NOS/c1-7-21-10-13-23(14-11-21)27-24(26(8-2)30-28-27)17-29-25-16-15-22(12-9-18(3)4)19(5)20(25)6/h10-11,13-16,24,26H,3,7-9,12,17H2,1-2,4-6H3. The third kappa shape index (κ3) is 5.18. The summed E-state index contributed by atoms with van der Waals surface area (Å²) in [6, 6.07) is 13.2. The molecule has 0 aromatic heterocycles. The summed E-state index contributed by atoms with van der Waals surface area (Å²) < 4.78 is 11.2. The normalized spacial score (nSPS) is 18.4. The first-order chi connectivity index (χ1) is 14.4. The van der Waals surface area contributed by atoms with Gasteiger partial charge in [-0.15, -0.1) is 6.58 Å². The van der Waals surface area contributed by atoms with Gasteiger partial charge in [-0.25, -0.2) is 4.40 Å². The van der Waals surface area contributed by atoms with Crippen LogP contribution in [-0.2, 0) is 12.8 Å². The third-order valence-corrected chi connectivity index (χ3v) is 7.47. The van der Waals surface area contributed by atoms with Crippen molar-refractivity contribution < 1.29 is 4.74 Å². The molecule has 2 aromatic rings. The molecule has 0 aliphatic carbocycles. The van der Waals surface area contributed by atoms with Crippen molar-refractivity contribution in [2.75, 3.05) is 6.61 Å². The maximum atomic E-state index is 6.40. The molecule has 0 saturated carbocycles. The highest BCUT2D eigenvalue weighted by Gasteiger charge is 2.33. The first kappa shape index (κ1) is 22.7. The van der Waals surface area contributed by atoms with Crippen molar-refractivity contribution in [2.45, 2.75) is 65.6 Å². The molecule has 0 spiro atoms. The van der Waals surface area contributed by atoms with Crippen LogP contribution in [0.3, 0.4) is 0 Å². The summed E-state index contributed by atoms with van der Waals surface area (Å²) in [6.45, 7) is 15.6. The summed E-state index contributed by atoms with van der Waals surface area (Å²) in [7, 11) is 0. The lowest BCUT2D eigenvalue weighted by atomic mass is 9.92. The van der Waals surface area contributed by atoms with Gasteiger partial charge in [-0.3, -0.25) is 0 Å². The van der Waals surface area contributed by atoms with Crippen molar-refractivity contribution in [3.8, 4) is 5.75 Å². The van der Waals surface area contributed by atoms with Gasteiger partial charge in [-0.05, 0) is 92.3 Å². The molecular formula is C27H35NOS. The fraction of sp³-hybridized carbons (Fsp3) is 0.444. The molecule has 1 heterocycles. The van der Waals surface area contributed by atoms with Crippen LogP contribution < -0.4 is 4.74 Å². The predicted molar refractivity (Wildman–Crippen MR) is 132 cm³/mol. The average molecular weight is 422 g/mol. The van der Waals surface area contributed by atoms with Crippen molar-refractivity contribution in [3.63, 3.8) is 0 Å². The molecule has 3 heteroatoms. The summed E-state index contributed by atoms with van der Waals surface area (Å²) in [5.41, 5.74) is 8.99. The van der Waals surface area contributed by atoms with E-state index in [1.165, 1.54) is 39.1 Å². The molecule has 2 aromatic carbocycles. The van der Waals surface area contributed by atoms with E-state index >= 15 is 0 Å². The average Bonchev–Trinajstić information content (AvgIpc) is 3.17. The van der Waals surface area contributed by atoms with Gasteiger partial charge in [0.05, 0.1) is 18.2 Å². The van der Waals surface area contributed by atoms with Crippen molar-refractivity contribution in [1.29, 1.82) is 0 Å². The Hall–Kier alpha value is -2.00. The Morgan fingerprint density at radius 1 is 1.07 bits per heavy atom. The Morgan fingerprint density at radius 3 is 2.43 bits per heavy atom. The Labute approximate surface area is 187 Å². The smallest absolute Gasteiger partial charge is 0.122 e. The highest BCUT2D eigenvalue weighted by atomic mass is 32.2. The van der Waals surface area contributed by atoms with Crippen molar-refractivity contribution in [3.05, 3.63) is 76.4 Å². The summed E-state index contributed by atoms with van der Waals surface area (Å²) in [6.07, 6.45) is 4.24. The van der Waals surface area contributed by atoms with Crippen molar-refractivity contribution in [2.24, 2.45) is 10.3 Å². The van der Waals surface area contributed by atoms with Crippen LogP contribution in [-0.4, -0.2) is 17.6 Å². The van der Waals surface area contributed by atoms with Crippen LogP contribution in [0.4, 0.5) is 0 Å². The van der Waals surface area contributed by atoms with E-state index in [0.29, 0.717) is 17.8 Å². The van der Waals surface area contributed by atoms with Crippen LogP contribution in [0.5, 0.6) is 5.75 Å². The maximum Gasteiger partial charge on any atom is 0.122 e. The lowest BCUT2D eigenvalue weighted by molar-refractivity contribution is 0.280. The largest absolute Gasteiger partial charge is 0.493 e. The molecule has 2 nitrogen and oxygen atoms in total. The Kier molecular flexibility index (Phi) is 7.82. The van der Waals surface area contributed by atoms with E-state index < -0.39 is 0 Å². The van der Waals surface area contributed by atoms with E-state index in [4.69, 9.17) is 9.13 Å². The lowest BCUT2D eigenvalue weighted by Gasteiger charge is -2.21. The molecule has 0 N–H and O–H groups in total. The van der Waals surface area contributed by atoms with E-state index in [-0.39, 0.29) is 0 Å². The number of aryl methyl sites for hydroxylation is 2. The minimum absolute atomic E-state index is 0.315. The monoisotopic (exact) mass is 421 g/mol. The van der Waals surface area contributed by atoms with E-state index in [1.54, 1.807) is 11.9 Å². The van der Waals surface area contributed by atoms with Crippen molar-refractivity contribution in [1.82, 2.24) is 0 Å². The second-order valence-electron chi connectivity index (χ2n) is 8.43. The second kappa shape index (κ2) is 10.3. The summed E-state index contributed by atoms with van der Waals surface area (Å²) in [5, 5.41) is 0.474. The fourth-order valence-corrected chi connectivity index (χ4v) is 4.96. The molecule has 3 rings (SSSR count). The first-order valence-electron chi connectivity index (χ1n) is 11.1. The number of hydrogen-bond acceptors (Lipinski definition) is 3. The van der Waals surface area contributed by atoms with Gasteiger partial charge in [0.25, 0.3) is 0 Å². The molecule has 0 bridgehead atoms. The molecular weight excluding hydrogens is 386 g/mol. The van der Waals surface area contributed by atoms with Gasteiger partial charge >= 0.3 is 0 Å². The minimum atomic E-state index is 0.315. The van der Waals surface area contributed by atoms with Crippen LogP contribution in [0, 0.1) is 19.8 Å².